The number of rotatable bonds is 7. The molecule has 0 spiro atoms. The molecule has 2 rings (SSSR count). The van der Waals surface area contributed by atoms with Gasteiger partial charge in [0.15, 0.2) is 0 Å². The molecule has 0 aliphatic rings. The topological polar surface area (TPSA) is 67.4 Å². The highest BCUT2D eigenvalue weighted by Crippen LogP contribution is 2.17. The minimum absolute atomic E-state index is 0.253. The monoisotopic (exact) mass is 324 g/mol. The summed E-state index contributed by atoms with van der Waals surface area (Å²) in [7, 11) is 0. The summed E-state index contributed by atoms with van der Waals surface area (Å²) < 4.78 is 5.43. The highest BCUT2D eigenvalue weighted by molar-refractivity contribution is 5.97. The van der Waals surface area contributed by atoms with Crippen molar-refractivity contribution in [3.8, 4) is 5.75 Å². The van der Waals surface area contributed by atoms with Crippen LogP contribution in [-0.4, -0.2) is 18.4 Å². The van der Waals surface area contributed by atoms with Gasteiger partial charge < -0.3 is 4.74 Å². The molecular formula is C19H20N2O3. The summed E-state index contributed by atoms with van der Waals surface area (Å²) in [5.74, 6) is -0.243. The van der Waals surface area contributed by atoms with Crippen LogP contribution < -0.4 is 15.6 Å². The molecule has 0 fully saturated rings. The summed E-state index contributed by atoms with van der Waals surface area (Å²) in [6.07, 6.45) is 2.50. The van der Waals surface area contributed by atoms with Gasteiger partial charge in [-0.25, -0.2) is 0 Å². The van der Waals surface area contributed by atoms with Gasteiger partial charge in [0.2, 0.25) is 5.91 Å². The summed E-state index contributed by atoms with van der Waals surface area (Å²) in [6, 6.07) is 16.5. The van der Waals surface area contributed by atoms with Crippen LogP contribution in [0.4, 0.5) is 0 Å². The van der Waals surface area contributed by atoms with Crippen LogP contribution in [-0.2, 0) is 11.2 Å². The van der Waals surface area contributed by atoms with E-state index in [0.29, 0.717) is 30.8 Å². The molecule has 5 heteroatoms. The second-order valence-corrected chi connectivity index (χ2v) is 5.08. The predicted molar refractivity (Wildman–Crippen MR) is 92.5 cm³/mol. The van der Waals surface area contributed by atoms with Crippen molar-refractivity contribution >= 4 is 11.8 Å². The molecule has 0 saturated carbocycles. The Bertz CT molecular complexity index is 699. The molecule has 2 amide bonds. The maximum Gasteiger partial charge on any atom is 0.273 e. The first kappa shape index (κ1) is 17.3. The fourth-order valence-corrected chi connectivity index (χ4v) is 2.09. The van der Waals surface area contributed by atoms with E-state index in [0.717, 1.165) is 5.56 Å². The molecule has 0 aromatic heterocycles. The molecule has 5 nitrogen and oxygen atoms in total. The van der Waals surface area contributed by atoms with Crippen LogP contribution in [0.1, 0.15) is 22.3 Å². The smallest absolute Gasteiger partial charge is 0.273 e. The van der Waals surface area contributed by atoms with Gasteiger partial charge in [0.25, 0.3) is 5.91 Å². The van der Waals surface area contributed by atoms with Crippen molar-refractivity contribution in [3.05, 3.63) is 78.4 Å². The third kappa shape index (κ3) is 5.28. The Balaban J connectivity index is 1.84. The van der Waals surface area contributed by atoms with E-state index in [1.54, 1.807) is 30.3 Å². The fraction of sp³-hybridized carbons (Fsp3) is 0.158. The maximum atomic E-state index is 12.2. The number of carbonyl (C=O) groups is 2. The van der Waals surface area contributed by atoms with E-state index >= 15 is 0 Å². The van der Waals surface area contributed by atoms with Crippen molar-refractivity contribution in [2.45, 2.75) is 12.8 Å². The molecule has 0 aliphatic heterocycles. The van der Waals surface area contributed by atoms with Gasteiger partial charge in [-0.15, -0.1) is 0 Å². The number of aryl methyl sites for hydroxylation is 1. The molecular weight excluding hydrogens is 304 g/mol. The second kappa shape index (κ2) is 9.15. The lowest BCUT2D eigenvalue weighted by atomic mass is 10.1. The molecule has 0 atom stereocenters. The molecule has 2 aromatic rings. The number of ether oxygens (including phenoxy) is 1. The zero-order valence-electron chi connectivity index (χ0n) is 13.3. The number of carbonyl (C=O) groups excluding carboxylic acids is 2. The molecule has 24 heavy (non-hydrogen) atoms. The van der Waals surface area contributed by atoms with Gasteiger partial charge >= 0.3 is 0 Å². The van der Waals surface area contributed by atoms with Crippen molar-refractivity contribution in [3.63, 3.8) is 0 Å². The molecule has 2 N–H and O–H groups in total. The first-order chi connectivity index (χ1) is 11.7. The Morgan fingerprint density at radius 1 is 1.00 bits per heavy atom. The SMILES string of the molecule is C=CCOc1ccccc1C(=O)NNC(=O)CCc1ccccc1. The molecule has 0 bridgehead atoms. The molecule has 124 valence electrons. The quantitative estimate of drug-likeness (QED) is 0.608. The van der Waals surface area contributed by atoms with Gasteiger partial charge in [-0.2, -0.15) is 0 Å². The molecule has 0 heterocycles. The van der Waals surface area contributed by atoms with E-state index in [4.69, 9.17) is 4.74 Å². The molecule has 0 saturated heterocycles. The van der Waals surface area contributed by atoms with Gasteiger partial charge in [0, 0.05) is 6.42 Å². The van der Waals surface area contributed by atoms with Gasteiger partial charge in [-0.05, 0) is 24.1 Å². The van der Waals surface area contributed by atoms with Crippen molar-refractivity contribution in [2.75, 3.05) is 6.61 Å². The zero-order valence-corrected chi connectivity index (χ0v) is 13.3. The van der Waals surface area contributed by atoms with Gasteiger partial charge in [0.1, 0.15) is 12.4 Å². The number of para-hydroxylation sites is 1. The standard InChI is InChI=1S/C19H20N2O3/c1-2-14-24-17-11-7-6-10-16(17)19(23)21-20-18(22)13-12-15-8-4-3-5-9-15/h2-11H,1,12-14H2,(H,20,22)(H,21,23). The summed E-state index contributed by atoms with van der Waals surface area (Å²) in [5, 5.41) is 0. The lowest BCUT2D eigenvalue weighted by Gasteiger charge is -2.11. The first-order valence-electron chi connectivity index (χ1n) is 7.66. The first-order valence-corrected chi connectivity index (χ1v) is 7.66. The van der Waals surface area contributed by atoms with Gasteiger partial charge in [0.05, 0.1) is 5.56 Å². The molecule has 2 aromatic carbocycles. The third-order valence-corrected chi connectivity index (χ3v) is 3.29. The molecule has 0 radical (unpaired) electrons. The average molecular weight is 324 g/mol. The highest BCUT2D eigenvalue weighted by Gasteiger charge is 2.12. The van der Waals surface area contributed by atoms with E-state index in [-0.39, 0.29) is 5.91 Å². The Morgan fingerprint density at radius 3 is 2.46 bits per heavy atom. The summed E-state index contributed by atoms with van der Waals surface area (Å²) in [4.78, 5) is 24.0. The van der Waals surface area contributed by atoms with Crippen LogP contribution in [0.15, 0.2) is 67.3 Å². The number of nitrogens with one attached hydrogen (secondary N) is 2. The van der Waals surface area contributed by atoms with Gasteiger partial charge in [-0.3, -0.25) is 20.4 Å². The van der Waals surface area contributed by atoms with E-state index in [2.05, 4.69) is 17.4 Å². The number of hydrazine groups is 1. The van der Waals surface area contributed by atoms with Crippen molar-refractivity contribution in [2.24, 2.45) is 0 Å². The fourth-order valence-electron chi connectivity index (χ4n) is 2.09. The molecule has 0 unspecified atom stereocenters. The summed E-state index contributed by atoms with van der Waals surface area (Å²) >= 11 is 0. The number of hydrogen-bond acceptors (Lipinski definition) is 3. The van der Waals surface area contributed by atoms with Crippen LogP contribution in [0.2, 0.25) is 0 Å². The Labute approximate surface area is 141 Å². The Hall–Kier alpha value is -3.08. The lowest BCUT2D eigenvalue weighted by molar-refractivity contribution is -0.121. The number of benzene rings is 2. The minimum atomic E-state index is -0.428. The third-order valence-electron chi connectivity index (χ3n) is 3.29. The van der Waals surface area contributed by atoms with E-state index in [1.165, 1.54) is 0 Å². The van der Waals surface area contributed by atoms with Gasteiger partial charge in [-0.1, -0.05) is 55.1 Å². The maximum absolute atomic E-state index is 12.2. The normalized spacial score (nSPS) is 9.83. The Kier molecular flexibility index (Phi) is 6.58. The predicted octanol–water partition coefficient (Wildman–Crippen LogP) is 2.65. The zero-order chi connectivity index (χ0) is 17.2. The summed E-state index contributed by atoms with van der Waals surface area (Å²) in [6.45, 7) is 3.87. The van der Waals surface area contributed by atoms with Crippen LogP contribution in [0.5, 0.6) is 5.75 Å². The van der Waals surface area contributed by atoms with Crippen LogP contribution in [0.3, 0.4) is 0 Å². The van der Waals surface area contributed by atoms with Crippen LogP contribution in [0, 0.1) is 0 Å². The second-order valence-electron chi connectivity index (χ2n) is 5.08. The highest BCUT2D eigenvalue weighted by atomic mass is 16.5. The van der Waals surface area contributed by atoms with Crippen molar-refractivity contribution in [1.82, 2.24) is 10.9 Å². The van der Waals surface area contributed by atoms with Crippen LogP contribution >= 0.6 is 0 Å². The largest absolute Gasteiger partial charge is 0.489 e. The van der Waals surface area contributed by atoms with E-state index in [1.807, 2.05) is 30.3 Å². The van der Waals surface area contributed by atoms with Crippen molar-refractivity contribution < 1.29 is 14.3 Å². The Morgan fingerprint density at radius 2 is 1.71 bits per heavy atom. The average Bonchev–Trinajstić information content (AvgIpc) is 2.63. The number of amides is 2. The minimum Gasteiger partial charge on any atom is -0.489 e. The molecule has 0 aliphatic carbocycles. The van der Waals surface area contributed by atoms with E-state index in [9.17, 15) is 9.59 Å². The number of hydrogen-bond donors (Lipinski definition) is 2. The van der Waals surface area contributed by atoms with Crippen molar-refractivity contribution in [1.29, 1.82) is 0 Å². The van der Waals surface area contributed by atoms with Crippen LogP contribution in [0.25, 0.3) is 0 Å². The lowest BCUT2D eigenvalue weighted by Crippen LogP contribution is -2.41. The summed E-state index contributed by atoms with van der Waals surface area (Å²) in [5.41, 5.74) is 6.25. The van der Waals surface area contributed by atoms with E-state index < -0.39 is 5.91 Å².